The van der Waals surface area contributed by atoms with Crippen molar-refractivity contribution in [2.45, 2.75) is 0 Å². The SMILES string of the molecule is Fc1cccc2c1sc1c(F)c(-c3ccccc3)ccc12. The van der Waals surface area contributed by atoms with Crippen molar-refractivity contribution < 1.29 is 8.78 Å². The van der Waals surface area contributed by atoms with Crippen LogP contribution in [0.5, 0.6) is 0 Å². The molecule has 0 unspecified atom stereocenters. The van der Waals surface area contributed by atoms with Gasteiger partial charge in [0.05, 0.1) is 9.40 Å². The summed E-state index contributed by atoms with van der Waals surface area (Å²) >= 11 is 1.17. The van der Waals surface area contributed by atoms with Crippen LogP contribution in [0.1, 0.15) is 0 Å². The summed E-state index contributed by atoms with van der Waals surface area (Å²) in [7, 11) is 0. The number of benzene rings is 3. The molecule has 0 N–H and O–H groups in total. The molecule has 0 amide bonds. The molecule has 0 bridgehead atoms. The van der Waals surface area contributed by atoms with Gasteiger partial charge in [0.1, 0.15) is 11.6 Å². The molecule has 0 atom stereocenters. The molecular weight excluding hydrogens is 286 g/mol. The van der Waals surface area contributed by atoms with Gasteiger partial charge in [-0.3, -0.25) is 0 Å². The van der Waals surface area contributed by atoms with E-state index >= 15 is 0 Å². The third-order valence-corrected chi connectivity index (χ3v) is 4.87. The third kappa shape index (κ3) is 1.85. The number of halogens is 2. The maximum Gasteiger partial charge on any atom is 0.148 e. The zero-order chi connectivity index (χ0) is 14.4. The quantitative estimate of drug-likeness (QED) is 0.404. The fourth-order valence-electron chi connectivity index (χ4n) is 2.64. The van der Waals surface area contributed by atoms with Crippen LogP contribution in [0.3, 0.4) is 0 Å². The molecular formula is C18H10F2S. The van der Waals surface area contributed by atoms with Crippen molar-refractivity contribution in [2.75, 3.05) is 0 Å². The summed E-state index contributed by atoms with van der Waals surface area (Å²) in [6, 6.07) is 17.9. The molecule has 0 saturated heterocycles. The minimum absolute atomic E-state index is 0.278. The number of rotatable bonds is 1. The summed E-state index contributed by atoms with van der Waals surface area (Å²) < 4.78 is 29.7. The first-order valence-corrected chi connectivity index (χ1v) is 7.42. The molecule has 3 heteroatoms. The number of hydrogen-bond donors (Lipinski definition) is 0. The zero-order valence-electron chi connectivity index (χ0n) is 10.9. The molecule has 0 fully saturated rings. The highest BCUT2D eigenvalue weighted by molar-refractivity contribution is 7.25. The van der Waals surface area contributed by atoms with Gasteiger partial charge in [0.25, 0.3) is 0 Å². The van der Waals surface area contributed by atoms with E-state index in [0.717, 1.165) is 16.3 Å². The van der Waals surface area contributed by atoms with E-state index in [4.69, 9.17) is 0 Å². The van der Waals surface area contributed by atoms with Crippen LogP contribution in [0.25, 0.3) is 31.3 Å². The Morgan fingerprint density at radius 2 is 1.43 bits per heavy atom. The average Bonchev–Trinajstić information content (AvgIpc) is 2.90. The molecule has 4 aromatic rings. The molecule has 0 nitrogen and oxygen atoms in total. The highest BCUT2D eigenvalue weighted by Crippen LogP contribution is 2.39. The number of fused-ring (bicyclic) bond motifs is 3. The predicted molar refractivity (Wildman–Crippen MR) is 84.7 cm³/mol. The summed E-state index contributed by atoms with van der Waals surface area (Å²) in [5, 5.41) is 1.54. The number of thiophene rings is 1. The Balaban J connectivity index is 2.08. The van der Waals surface area contributed by atoms with E-state index in [-0.39, 0.29) is 11.6 Å². The maximum atomic E-state index is 14.8. The Bertz CT molecular complexity index is 955. The van der Waals surface area contributed by atoms with Crippen LogP contribution >= 0.6 is 11.3 Å². The van der Waals surface area contributed by atoms with E-state index in [9.17, 15) is 8.78 Å². The predicted octanol–water partition coefficient (Wildman–Crippen LogP) is 6.00. The lowest BCUT2D eigenvalue weighted by Gasteiger charge is -2.04. The Kier molecular flexibility index (Phi) is 2.76. The summed E-state index contributed by atoms with van der Waals surface area (Å²) in [5.41, 5.74) is 1.38. The Labute approximate surface area is 124 Å². The summed E-state index contributed by atoms with van der Waals surface area (Å²) in [6.45, 7) is 0. The van der Waals surface area contributed by atoms with Crippen LogP contribution < -0.4 is 0 Å². The van der Waals surface area contributed by atoms with Crippen LogP contribution in [-0.4, -0.2) is 0 Å². The van der Waals surface area contributed by atoms with Gasteiger partial charge in [0.2, 0.25) is 0 Å². The molecule has 0 saturated carbocycles. The topological polar surface area (TPSA) is 0 Å². The van der Waals surface area contributed by atoms with Crippen LogP contribution in [0.4, 0.5) is 8.78 Å². The van der Waals surface area contributed by atoms with Crippen molar-refractivity contribution >= 4 is 31.5 Å². The third-order valence-electron chi connectivity index (χ3n) is 3.64. The molecule has 102 valence electrons. The lowest BCUT2D eigenvalue weighted by atomic mass is 10.0. The van der Waals surface area contributed by atoms with Gasteiger partial charge in [-0.05, 0) is 11.6 Å². The first kappa shape index (κ1) is 12.5. The van der Waals surface area contributed by atoms with Gasteiger partial charge in [-0.2, -0.15) is 0 Å². The van der Waals surface area contributed by atoms with Crippen molar-refractivity contribution in [1.82, 2.24) is 0 Å². The van der Waals surface area contributed by atoms with Gasteiger partial charge in [-0.1, -0.05) is 54.6 Å². The minimum atomic E-state index is -0.297. The summed E-state index contributed by atoms with van der Waals surface area (Å²) in [6.07, 6.45) is 0. The van der Waals surface area contributed by atoms with E-state index in [1.807, 2.05) is 42.5 Å². The highest BCUT2D eigenvalue weighted by Gasteiger charge is 2.15. The first-order valence-electron chi connectivity index (χ1n) is 6.60. The van der Waals surface area contributed by atoms with Crippen molar-refractivity contribution in [1.29, 1.82) is 0 Å². The molecule has 0 radical (unpaired) electrons. The van der Waals surface area contributed by atoms with Gasteiger partial charge >= 0.3 is 0 Å². The molecule has 0 aliphatic heterocycles. The molecule has 1 aromatic heterocycles. The van der Waals surface area contributed by atoms with Crippen LogP contribution in [0.15, 0.2) is 60.7 Å². The molecule has 1 heterocycles. The molecule has 3 aromatic carbocycles. The van der Waals surface area contributed by atoms with E-state index in [0.29, 0.717) is 15.0 Å². The van der Waals surface area contributed by atoms with Crippen LogP contribution in [-0.2, 0) is 0 Å². The first-order chi connectivity index (χ1) is 10.3. The second-order valence-corrected chi connectivity index (χ2v) is 5.91. The molecule has 21 heavy (non-hydrogen) atoms. The van der Waals surface area contributed by atoms with Gasteiger partial charge in [0, 0.05) is 16.3 Å². The van der Waals surface area contributed by atoms with Gasteiger partial charge in [-0.25, -0.2) is 8.78 Å². The number of hydrogen-bond acceptors (Lipinski definition) is 1. The van der Waals surface area contributed by atoms with Crippen LogP contribution in [0, 0.1) is 11.6 Å². The molecule has 0 spiro atoms. The standard InChI is InChI=1S/C18H10F2S/c19-15-8-4-7-13-14-10-9-12(11-5-2-1-3-6-11)16(20)18(14)21-17(13)15/h1-10H. The summed E-state index contributed by atoms with van der Waals surface area (Å²) in [5.74, 6) is -0.575. The van der Waals surface area contributed by atoms with Gasteiger partial charge < -0.3 is 0 Å². The van der Waals surface area contributed by atoms with Gasteiger partial charge in [-0.15, -0.1) is 11.3 Å². The van der Waals surface area contributed by atoms with E-state index < -0.39 is 0 Å². The lowest BCUT2D eigenvalue weighted by molar-refractivity contribution is 0.642. The molecule has 4 rings (SSSR count). The Morgan fingerprint density at radius 3 is 2.24 bits per heavy atom. The monoisotopic (exact) mass is 296 g/mol. The van der Waals surface area contributed by atoms with E-state index in [1.54, 1.807) is 12.1 Å². The molecule has 0 aliphatic carbocycles. The second-order valence-electron chi connectivity index (χ2n) is 4.89. The normalized spacial score (nSPS) is 11.3. The molecule has 0 aliphatic rings. The maximum absolute atomic E-state index is 14.8. The van der Waals surface area contributed by atoms with Crippen molar-refractivity contribution in [3.63, 3.8) is 0 Å². The van der Waals surface area contributed by atoms with Crippen molar-refractivity contribution in [3.8, 4) is 11.1 Å². The second kappa shape index (κ2) is 4.64. The average molecular weight is 296 g/mol. The smallest absolute Gasteiger partial charge is 0.148 e. The highest BCUT2D eigenvalue weighted by atomic mass is 32.1. The van der Waals surface area contributed by atoms with E-state index in [2.05, 4.69) is 0 Å². The zero-order valence-corrected chi connectivity index (χ0v) is 11.8. The largest absolute Gasteiger partial charge is 0.205 e. The lowest BCUT2D eigenvalue weighted by Crippen LogP contribution is -1.83. The fraction of sp³-hybridized carbons (Fsp3) is 0. The summed E-state index contributed by atoms with van der Waals surface area (Å²) in [4.78, 5) is 0. The minimum Gasteiger partial charge on any atom is -0.205 e. The van der Waals surface area contributed by atoms with Crippen LogP contribution in [0.2, 0.25) is 0 Å². The Morgan fingerprint density at radius 1 is 0.667 bits per heavy atom. The van der Waals surface area contributed by atoms with Gasteiger partial charge in [0.15, 0.2) is 0 Å². The Hall–Kier alpha value is -2.26. The van der Waals surface area contributed by atoms with E-state index in [1.165, 1.54) is 17.4 Å². The van der Waals surface area contributed by atoms with Crippen molar-refractivity contribution in [2.24, 2.45) is 0 Å². The fourth-order valence-corrected chi connectivity index (χ4v) is 3.78. The van der Waals surface area contributed by atoms with Crippen molar-refractivity contribution in [3.05, 3.63) is 72.3 Å².